The third-order valence-electron chi connectivity index (χ3n) is 3.76. The molecule has 1 amide bonds. The quantitative estimate of drug-likeness (QED) is 0.872. The van der Waals surface area contributed by atoms with Gasteiger partial charge in [-0.2, -0.15) is 10.2 Å². The second-order valence-electron chi connectivity index (χ2n) is 5.35. The van der Waals surface area contributed by atoms with Crippen LogP contribution in [0.5, 0.6) is 0 Å². The molecule has 6 nitrogen and oxygen atoms in total. The van der Waals surface area contributed by atoms with Crippen molar-refractivity contribution in [3.8, 4) is 0 Å². The highest BCUT2D eigenvalue weighted by Gasteiger charge is 2.27. The molecular formula is C14H19N3O3. The molecule has 0 bridgehead atoms. The van der Waals surface area contributed by atoms with Crippen LogP contribution in [0.3, 0.4) is 0 Å². The Hall–Kier alpha value is -1.98. The van der Waals surface area contributed by atoms with Gasteiger partial charge >= 0.3 is 5.97 Å². The van der Waals surface area contributed by atoms with Gasteiger partial charge in [0.25, 0.3) is 5.91 Å². The molecule has 0 atom stereocenters. The second-order valence-corrected chi connectivity index (χ2v) is 5.35. The topological polar surface area (TPSA) is 92.2 Å². The summed E-state index contributed by atoms with van der Waals surface area (Å²) < 4.78 is 0. The predicted molar refractivity (Wildman–Crippen MR) is 72.4 cm³/mol. The van der Waals surface area contributed by atoms with Gasteiger partial charge < -0.3 is 10.4 Å². The lowest BCUT2D eigenvalue weighted by atomic mass is 9.86. The molecule has 0 radical (unpaired) electrons. The van der Waals surface area contributed by atoms with Gasteiger partial charge in [-0.05, 0) is 45.6 Å². The Kier molecular flexibility index (Phi) is 4.32. The largest absolute Gasteiger partial charge is 0.481 e. The lowest BCUT2D eigenvalue weighted by Gasteiger charge is -2.26. The average molecular weight is 277 g/mol. The van der Waals surface area contributed by atoms with E-state index in [0.29, 0.717) is 42.6 Å². The maximum Gasteiger partial charge on any atom is 0.306 e. The van der Waals surface area contributed by atoms with Crippen LogP contribution in [0.25, 0.3) is 0 Å². The van der Waals surface area contributed by atoms with E-state index in [-0.39, 0.29) is 17.9 Å². The number of rotatable bonds is 3. The zero-order valence-corrected chi connectivity index (χ0v) is 11.7. The molecule has 1 aromatic heterocycles. The van der Waals surface area contributed by atoms with Crippen LogP contribution in [-0.4, -0.2) is 33.2 Å². The zero-order chi connectivity index (χ0) is 14.7. The van der Waals surface area contributed by atoms with E-state index in [2.05, 4.69) is 15.5 Å². The van der Waals surface area contributed by atoms with Crippen molar-refractivity contribution < 1.29 is 14.7 Å². The monoisotopic (exact) mass is 277 g/mol. The summed E-state index contributed by atoms with van der Waals surface area (Å²) in [7, 11) is 0. The molecule has 1 heterocycles. The van der Waals surface area contributed by atoms with Crippen LogP contribution in [0.4, 0.5) is 0 Å². The molecule has 0 aromatic carbocycles. The average Bonchev–Trinajstić information content (AvgIpc) is 2.42. The Morgan fingerprint density at radius 3 is 2.45 bits per heavy atom. The number of carbonyl (C=O) groups excluding carboxylic acids is 1. The van der Waals surface area contributed by atoms with E-state index < -0.39 is 5.97 Å². The van der Waals surface area contributed by atoms with E-state index >= 15 is 0 Å². The number of aryl methyl sites for hydroxylation is 2. The van der Waals surface area contributed by atoms with Crippen molar-refractivity contribution >= 4 is 11.9 Å². The third kappa shape index (κ3) is 3.31. The number of carboxylic acids is 1. The molecular weight excluding hydrogens is 258 g/mol. The predicted octanol–water partition coefficient (Wildman–Crippen LogP) is 1.47. The van der Waals surface area contributed by atoms with Gasteiger partial charge in [-0.1, -0.05) is 0 Å². The summed E-state index contributed by atoms with van der Waals surface area (Å²) in [4.78, 5) is 23.1. The number of aliphatic carboxylic acids is 1. The minimum atomic E-state index is -0.737. The standard InChI is InChI=1S/C14H19N3O3/c1-8-7-12(9(2)17-16-8)13(18)15-11-5-3-10(4-6-11)14(19)20/h7,10-11H,3-6H2,1-2H3,(H,15,18)(H,19,20). The highest BCUT2D eigenvalue weighted by Crippen LogP contribution is 2.24. The van der Waals surface area contributed by atoms with Crippen molar-refractivity contribution in [1.82, 2.24) is 15.5 Å². The summed E-state index contributed by atoms with van der Waals surface area (Å²) in [6, 6.07) is 1.77. The first-order valence-corrected chi connectivity index (χ1v) is 6.82. The molecule has 2 rings (SSSR count). The van der Waals surface area contributed by atoms with Crippen molar-refractivity contribution in [3.63, 3.8) is 0 Å². The van der Waals surface area contributed by atoms with Crippen molar-refractivity contribution in [2.75, 3.05) is 0 Å². The summed E-state index contributed by atoms with van der Waals surface area (Å²) in [6.45, 7) is 3.55. The van der Waals surface area contributed by atoms with Crippen molar-refractivity contribution in [2.45, 2.75) is 45.6 Å². The van der Waals surface area contributed by atoms with E-state index in [1.54, 1.807) is 19.9 Å². The van der Waals surface area contributed by atoms with Gasteiger partial charge in [0.05, 0.1) is 22.9 Å². The van der Waals surface area contributed by atoms with Crippen molar-refractivity contribution in [1.29, 1.82) is 0 Å². The first-order valence-electron chi connectivity index (χ1n) is 6.82. The molecule has 1 fully saturated rings. The number of aromatic nitrogens is 2. The molecule has 1 aromatic rings. The summed E-state index contributed by atoms with van der Waals surface area (Å²) in [5, 5.41) is 19.8. The number of amides is 1. The Morgan fingerprint density at radius 2 is 1.85 bits per heavy atom. The van der Waals surface area contributed by atoms with Crippen LogP contribution in [-0.2, 0) is 4.79 Å². The summed E-state index contributed by atoms with van der Waals surface area (Å²) in [5.74, 6) is -1.16. The maximum atomic E-state index is 12.2. The Balaban J connectivity index is 1.96. The molecule has 20 heavy (non-hydrogen) atoms. The van der Waals surface area contributed by atoms with E-state index in [4.69, 9.17) is 5.11 Å². The van der Waals surface area contributed by atoms with Crippen LogP contribution in [0.2, 0.25) is 0 Å². The normalized spacial score (nSPS) is 22.3. The molecule has 0 aliphatic heterocycles. The van der Waals surface area contributed by atoms with Gasteiger partial charge in [0.15, 0.2) is 0 Å². The van der Waals surface area contributed by atoms with Gasteiger partial charge in [0.1, 0.15) is 0 Å². The molecule has 1 aliphatic rings. The molecule has 0 unspecified atom stereocenters. The first-order chi connectivity index (χ1) is 9.47. The fraction of sp³-hybridized carbons (Fsp3) is 0.571. The van der Waals surface area contributed by atoms with Crippen LogP contribution < -0.4 is 5.32 Å². The van der Waals surface area contributed by atoms with Crippen molar-refractivity contribution in [2.24, 2.45) is 5.92 Å². The lowest BCUT2D eigenvalue weighted by Crippen LogP contribution is -2.39. The Bertz CT molecular complexity index is 522. The number of hydrogen-bond acceptors (Lipinski definition) is 4. The molecule has 0 spiro atoms. The van der Waals surface area contributed by atoms with Crippen LogP contribution in [0, 0.1) is 19.8 Å². The first kappa shape index (κ1) is 14.4. The van der Waals surface area contributed by atoms with Gasteiger partial charge in [-0.3, -0.25) is 9.59 Å². The van der Waals surface area contributed by atoms with E-state index in [1.165, 1.54) is 0 Å². The molecule has 6 heteroatoms. The number of nitrogens with zero attached hydrogens (tertiary/aromatic N) is 2. The lowest BCUT2D eigenvalue weighted by molar-refractivity contribution is -0.142. The fourth-order valence-electron chi connectivity index (χ4n) is 2.53. The fourth-order valence-corrected chi connectivity index (χ4v) is 2.53. The number of carboxylic acid groups (broad SMARTS) is 1. The van der Waals surface area contributed by atoms with Gasteiger partial charge in [0.2, 0.25) is 0 Å². The minimum Gasteiger partial charge on any atom is -0.481 e. The van der Waals surface area contributed by atoms with Gasteiger partial charge in [0, 0.05) is 6.04 Å². The molecule has 0 saturated heterocycles. The summed E-state index contributed by atoms with van der Waals surface area (Å²) in [5.41, 5.74) is 1.85. The molecule has 1 aliphatic carbocycles. The second kappa shape index (κ2) is 5.98. The Morgan fingerprint density at radius 1 is 1.20 bits per heavy atom. The smallest absolute Gasteiger partial charge is 0.306 e. The van der Waals surface area contributed by atoms with Crippen LogP contribution in [0.1, 0.15) is 47.4 Å². The van der Waals surface area contributed by atoms with Crippen LogP contribution >= 0.6 is 0 Å². The molecule has 1 saturated carbocycles. The Labute approximate surface area is 117 Å². The van der Waals surface area contributed by atoms with E-state index in [1.807, 2.05) is 0 Å². The third-order valence-corrected chi connectivity index (χ3v) is 3.76. The molecule has 108 valence electrons. The summed E-state index contributed by atoms with van der Waals surface area (Å²) in [6.07, 6.45) is 2.65. The minimum absolute atomic E-state index is 0.0472. The number of hydrogen-bond donors (Lipinski definition) is 2. The zero-order valence-electron chi connectivity index (χ0n) is 11.7. The van der Waals surface area contributed by atoms with Gasteiger partial charge in [-0.15, -0.1) is 0 Å². The van der Waals surface area contributed by atoms with Crippen molar-refractivity contribution in [3.05, 3.63) is 23.0 Å². The van der Waals surface area contributed by atoms with Gasteiger partial charge in [-0.25, -0.2) is 0 Å². The number of carbonyl (C=O) groups is 2. The molecule has 2 N–H and O–H groups in total. The van der Waals surface area contributed by atoms with E-state index in [0.717, 1.165) is 0 Å². The van der Waals surface area contributed by atoms with E-state index in [9.17, 15) is 9.59 Å². The highest BCUT2D eigenvalue weighted by atomic mass is 16.4. The summed E-state index contributed by atoms with van der Waals surface area (Å²) >= 11 is 0. The maximum absolute atomic E-state index is 12.2. The highest BCUT2D eigenvalue weighted by molar-refractivity contribution is 5.95. The van der Waals surface area contributed by atoms with Crippen LogP contribution in [0.15, 0.2) is 6.07 Å². The number of nitrogens with one attached hydrogen (secondary N) is 1. The SMILES string of the molecule is Cc1cc(C(=O)NC2CCC(C(=O)O)CC2)c(C)nn1.